The first kappa shape index (κ1) is 18.7. The van der Waals surface area contributed by atoms with Gasteiger partial charge in [0.25, 0.3) is 0 Å². The van der Waals surface area contributed by atoms with Crippen LogP contribution in [0.1, 0.15) is 12.0 Å². The van der Waals surface area contributed by atoms with Crippen molar-refractivity contribution < 1.29 is 13.2 Å². The van der Waals surface area contributed by atoms with Gasteiger partial charge in [0.2, 0.25) is 15.9 Å². The maximum absolute atomic E-state index is 12.1. The normalized spacial score (nSPS) is 11.3. The fraction of sp³-hybridized carbons (Fsp3) is 0.188. The molecule has 0 heterocycles. The predicted octanol–water partition coefficient (Wildman–Crippen LogP) is 3.61. The number of amides is 1. The maximum Gasteiger partial charge on any atom is 0.240 e. The van der Waals surface area contributed by atoms with E-state index in [-0.39, 0.29) is 23.8 Å². The molecule has 2 N–H and O–H groups in total. The van der Waals surface area contributed by atoms with Gasteiger partial charge in [-0.1, -0.05) is 29.3 Å². The number of nitrogens with one attached hydrogen (secondary N) is 2. The van der Waals surface area contributed by atoms with E-state index in [1.165, 1.54) is 24.3 Å². The SMILES string of the molecule is Cc1c(Cl)cccc1NC(=O)CCNS(=O)(=O)c1ccc(Cl)cc1. The third-order valence-electron chi connectivity index (χ3n) is 3.31. The number of rotatable bonds is 6. The zero-order valence-electron chi connectivity index (χ0n) is 12.8. The standard InChI is InChI=1S/C16H16Cl2N2O3S/c1-11-14(18)3-2-4-15(11)20-16(21)9-10-19-24(22,23)13-7-5-12(17)6-8-13/h2-8,19H,9-10H2,1H3,(H,20,21). The monoisotopic (exact) mass is 386 g/mol. The Balaban J connectivity index is 1.90. The number of halogens is 2. The lowest BCUT2D eigenvalue weighted by Gasteiger charge is -2.10. The van der Waals surface area contributed by atoms with Crippen LogP contribution in [0.4, 0.5) is 5.69 Å². The molecule has 0 unspecified atom stereocenters. The van der Waals surface area contributed by atoms with Crippen LogP contribution >= 0.6 is 23.2 Å². The second-order valence-electron chi connectivity index (χ2n) is 5.06. The molecule has 0 aliphatic carbocycles. The highest BCUT2D eigenvalue weighted by Crippen LogP contribution is 2.23. The van der Waals surface area contributed by atoms with Crippen molar-refractivity contribution in [1.82, 2.24) is 4.72 Å². The second kappa shape index (κ2) is 7.98. The van der Waals surface area contributed by atoms with Crippen LogP contribution in [0.5, 0.6) is 0 Å². The van der Waals surface area contributed by atoms with E-state index in [0.717, 1.165) is 5.56 Å². The maximum atomic E-state index is 12.1. The molecule has 0 aliphatic heterocycles. The molecular formula is C16H16Cl2N2O3S. The molecule has 0 saturated carbocycles. The smallest absolute Gasteiger partial charge is 0.240 e. The van der Waals surface area contributed by atoms with Crippen molar-refractivity contribution in [2.75, 3.05) is 11.9 Å². The molecule has 0 fully saturated rings. The van der Waals surface area contributed by atoms with E-state index in [0.29, 0.717) is 15.7 Å². The molecular weight excluding hydrogens is 371 g/mol. The fourth-order valence-electron chi connectivity index (χ4n) is 1.95. The van der Waals surface area contributed by atoms with Crippen LogP contribution in [-0.2, 0) is 14.8 Å². The summed E-state index contributed by atoms with van der Waals surface area (Å²) in [6.45, 7) is 1.78. The zero-order chi connectivity index (χ0) is 17.7. The molecule has 0 bridgehead atoms. The molecule has 2 aromatic rings. The highest BCUT2D eigenvalue weighted by atomic mass is 35.5. The molecule has 0 spiro atoms. The van der Waals surface area contributed by atoms with Crippen LogP contribution in [-0.4, -0.2) is 20.9 Å². The number of hydrogen-bond acceptors (Lipinski definition) is 3. The molecule has 0 radical (unpaired) electrons. The van der Waals surface area contributed by atoms with Gasteiger partial charge in [-0.25, -0.2) is 13.1 Å². The number of carbonyl (C=O) groups excluding carboxylic acids is 1. The molecule has 5 nitrogen and oxygen atoms in total. The van der Waals surface area contributed by atoms with Crippen LogP contribution in [0.2, 0.25) is 10.0 Å². The fourth-order valence-corrected chi connectivity index (χ4v) is 3.28. The minimum atomic E-state index is -3.67. The summed E-state index contributed by atoms with van der Waals surface area (Å²) in [5, 5.41) is 3.71. The summed E-state index contributed by atoms with van der Waals surface area (Å²) in [5.41, 5.74) is 1.36. The third-order valence-corrected chi connectivity index (χ3v) is 5.45. The Morgan fingerprint density at radius 1 is 1.08 bits per heavy atom. The summed E-state index contributed by atoms with van der Waals surface area (Å²) in [5.74, 6) is -0.306. The van der Waals surface area contributed by atoms with Crippen molar-refractivity contribution >= 4 is 44.8 Å². The van der Waals surface area contributed by atoms with Gasteiger partial charge in [0.1, 0.15) is 0 Å². The average Bonchev–Trinajstić information content (AvgIpc) is 2.52. The van der Waals surface area contributed by atoms with Crippen molar-refractivity contribution in [2.24, 2.45) is 0 Å². The molecule has 2 aromatic carbocycles. The average molecular weight is 387 g/mol. The number of benzene rings is 2. The van der Waals surface area contributed by atoms with Gasteiger partial charge in [-0.3, -0.25) is 4.79 Å². The molecule has 8 heteroatoms. The lowest BCUT2D eigenvalue weighted by atomic mass is 10.2. The van der Waals surface area contributed by atoms with E-state index in [4.69, 9.17) is 23.2 Å². The van der Waals surface area contributed by atoms with Crippen molar-refractivity contribution in [2.45, 2.75) is 18.2 Å². The van der Waals surface area contributed by atoms with Gasteiger partial charge < -0.3 is 5.32 Å². The van der Waals surface area contributed by atoms with Crippen LogP contribution in [0.25, 0.3) is 0 Å². The highest BCUT2D eigenvalue weighted by Gasteiger charge is 2.14. The zero-order valence-corrected chi connectivity index (χ0v) is 15.2. The number of sulfonamides is 1. The third kappa shape index (κ3) is 4.95. The first-order chi connectivity index (χ1) is 11.3. The van der Waals surface area contributed by atoms with E-state index in [1.54, 1.807) is 25.1 Å². The van der Waals surface area contributed by atoms with Gasteiger partial charge in [-0.15, -0.1) is 0 Å². The van der Waals surface area contributed by atoms with Crippen molar-refractivity contribution in [3.8, 4) is 0 Å². The van der Waals surface area contributed by atoms with Gasteiger partial charge in [0, 0.05) is 28.7 Å². The number of carbonyl (C=O) groups is 1. The van der Waals surface area contributed by atoms with Crippen LogP contribution in [0.3, 0.4) is 0 Å². The lowest BCUT2D eigenvalue weighted by Crippen LogP contribution is -2.27. The van der Waals surface area contributed by atoms with Crippen molar-refractivity contribution in [1.29, 1.82) is 0 Å². The van der Waals surface area contributed by atoms with Gasteiger partial charge in [0.15, 0.2) is 0 Å². The Kier molecular flexibility index (Phi) is 6.23. The predicted molar refractivity (Wildman–Crippen MR) is 96.1 cm³/mol. The van der Waals surface area contributed by atoms with Gasteiger partial charge >= 0.3 is 0 Å². The highest BCUT2D eigenvalue weighted by molar-refractivity contribution is 7.89. The Labute approximate surface area is 151 Å². The Bertz CT molecular complexity index is 837. The molecule has 0 aliphatic rings. The summed E-state index contributed by atoms with van der Waals surface area (Å²) in [6, 6.07) is 11.0. The number of anilines is 1. The second-order valence-corrected chi connectivity index (χ2v) is 7.67. The molecule has 0 atom stereocenters. The minimum Gasteiger partial charge on any atom is -0.326 e. The van der Waals surface area contributed by atoms with Crippen LogP contribution in [0.15, 0.2) is 47.4 Å². The molecule has 24 heavy (non-hydrogen) atoms. The van der Waals surface area contributed by atoms with E-state index >= 15 is 0 Å². The summed E-state index contributed by atoms with van der Waals surface area (Å²) in [7, 11) is -3.67. The Hall–Kier alpha value is -1.60. The van der Waals surface area contributed by atoms with E-state index < -0.39 is 10.0 Å². The number of hydrogen-bond donors (Lipinski definition) is 2. The molecule has 128 valence electrons. The Morgan fingerprint density at radius 2 is 1.75 bits per heavy atom. The quantitative estimate of drug-likeness (QED) is 0.795. The summed E-state index contributed by atoms with van der Waals surface area (Å²) in [4.78, 5) is 12.0. The van der Waals surface area contributed by atoms with E-state index in [1.807, 2.05) is 0 Å². The van der Waals surface area contributed by atoms with Crippen LogP contribution < -0.4 is 10.0 Å². The molecule has 0 saturated heterocycles. The van der Waals surface area contributed by atoms with Crippen molar-refractivity contribution in [3.05, 3.63) is 58.1 Å². The topological polar surface area (TPSA) is 75.3 Å². The largest absolute Gasteiger partial charge is 0.326 e. The van der Waals surface area contributed by atoms with Gasteiger partial charge in [0.05, 0.1) is 4.90 Å². The lowest BCUT2D eigenvalue weighted by molar-refractivity contribution is -0.116. The van der Waals surface area contributed by atoms with Crippen molar-refractivity contribution in [3.63, 3.8) is 0 Å². The first-order valence-corrected chi connectivity index (χ1v) is 9.34. The molecule has 0 aromatic heterocycles. The molecule has 2 rings (SSSR count). The van der Waals surface area contributed by atoms with Gasteiger partial charge in [-0.05, 0) is 48.9 Å². The molecule has 1 amide bonds. The summed E-state index contributed by atoms with van der Waals surface area (Å²) in [6.07, 6.45) is -0.00122. The van der Waals surface area contributed by atoms with E-state index in [2.05, 4.69) is 10.0 Å². The van der Waals surface area contributed by atoms with Crippen LogP contribution in [0, 0.1) is 6.92 Å². The summed E-state index contributed by atoms with van der Waals surface area (Å²) >= 11 is 11.7. The Morgan fingerprint density at radius 3 is 2.42 bits per heavy atom. The summed E-state index contributed by atoms with van der Waals surface area (Å²) < 4.78 is 26.5. The first-order valence-electron chi connectivity index (χ1n) is 7.10. The van der Waals surface area contributed by atoms with E-state index in [9.17, 15) is 13.2 Å². The van der Waals surface area contributed by atoms with Gasteiger partial charge in [-0.2, -0.15) is 0 Å². The minimum absolute atomic E-state index is 0.00122.